The lowest BCUT2D eigenvalue weighted by Crippen LogP contribution is -2.27. The summed E-state index contributed by atoms with van der Waals surface area (Å²) in [5.41, 5.74) is 1.17. The molecule has 132 valence electrons. The molecule has 0 saturated carbocycles. The van der Waals surface area contributed by atoms with E-state index < -0.39 is 5.97 Å². The molecule has 1 aromatic heterocycles. The van der Waals surface area contributed by atoms with Gasteiger partial charge < -0.3 is 15.2 Å². The van der Waals surface area contributed by atoms with Crippen molar-refractivity contribution in [1.29, 1.82) is 0 Å². The maximum absolute atomic E-state index is 12.1. The zero-order valence-electron chi connectivity index (χ0n) is 13.9. The average Bonchev–Trinajstić information content (AvgIpc) is 3.04. The molecule has 0 spiro atoms. The van der Waals surface area contributed by atoms with Crippen LogP contribution in [-0.4, -0.2) is 41.4 Å². The molecule has 1 heterocycles. The number of nitrogens with one attached hydrogen (secondary N) is 1. The van der Waals surface area contributed by atoms with Gasteiger partial charge >= 0.3 is 5.97 Å². The number of methoxy groups -OCH3 is 1. The van der Waals surface area contributed by atoms with Gasteiger partial charge in [0.05, 0.1) is 18.5 Å². The second-order valence-electron chi connectivity index (χ2n) is 5.29. The van der Waals surface area contributed by atoms with E-state index in [4.69, 9.17) is 9.84 Å². The summed E-state index contributed by atoms with van der Waals surface area (Å²) in [5.74, 6) is -0.813. The normalized spacial score (nSPS) is 10.3. The molecule has 2 aromatic rings. The van der Waals surface area contributed by atoms with E-state index in [2.05, 4.69) is 10.3 Å². The second kappa shape index (κ2) is 8.39. The quantitative estimate of drug-likeness (QED) is 0.696. The van der Waals surface area contributed by atoms with E-state index in [1.807, 2.05) is 0 Å². The SMILES string of the molecule is COc1ccc(C(C)=O)cc1CC(=O)NCCc1nc(C(=O)O)cs1. The minimum Gasteiger partial charge on any atom is -0.496 e. The molecule has 2 N–H and O–H groups in total. The summed E-state index contributed by atoms with van der Waals surface area (Å²) in [5, 5.41) is 13.7. The smallest absolute Gasteiger partial charge is 0.355 e. The number of carboxylic acid groups (broad SMARTS) is 1. The molecule has 8 heteroatoms. The van der Waals surface area contributed by atoms with Crippen LogP contribution in [0, 0.1) is 0 Å². The summed E-state index contributed by atoms with van der Waals surface area (Å²) in [7, 11) is 1.51. The molecule has 0 atom stereocenters. The molecule has 0 aliphatic heterocycles. The van der Waals surface area contributed by atoms with E-state index in [0.717, 1.165) is 0 Å². The van der Waals surface area contributed by atoms with Crippen molar-refractivity contribution in [3.05, 3.63) is 45.4 Å². The summed E-state index contributed by atoms with van der Waals surface area (Å²) in [6.45, 7) is 1.81. The number of ketones is 1. The minimum atomic E-state index is -1.07. The zero-order valence-corrected chi connectivity index (χ0v) is 14.7. The fraction of sp³-hybridized carbons (Fsp3) is 0.294. The summed E-state index contributed by atoms with van der Waals surface area (Å²) >= 11 is 1.24. The maximum Gasteiger partial charge on any atom is 0.355 e. The summed E-state index contributed by atoms with van der Waals surface area (Å²) in [6.07, 6.45) is 0.539. The van der Waals surface area contributed by atoms with Gasteiger partial charge in [0.25, 0.3) is 0 Å². The number of hydrogen-bond acceptors (Lipinski definition) is 6. The third-order valence-corrected chi connectivity index (χ3v) is 4.38. The van der Waals surface area contributed by atoms with Gasteiger partial charge in [-0.3, -0.25) is 9.59 Å². The number of carbonyl (C=O) groups is 3. The topological polar surface area (TPSA) is 106 Å². The Bertz CT molecular complexity index is 800. The Kier molecular flexibility index (Phi) is 6.24. The summed E-state index contributed by atoms with van der Waals surface area (Å²) < 4.78 is 5.22. The van der Waals surface area contributed by atoms with Crippen LogP contribution in [0.15, 0.2) is 23.6 Å². The molecule has 0 saturated heterocycles. The van der Waals surface area contributed by atoms with E-state index in [1.54, 1.807) is 18.2 Å². The molecule has 0 aliphatic rings. The van der Waals surface area contributed by atoms with Crippen molar-refractivity contribution in [2.75, 3.05) is 13.7 Å². The Morgan fingerprint density at radius 3 is 2.68 bits per heavy atom. The molecule has 1 amide bonds. The van der Waals surface area contributed by atoms with Crippen molar-refractivity contribution in [3.8, 4) is 5.75 Å². The number of amides is 1. The number of thiazole rings is 1. The minimum absolute atomic E-state index is 0.0112. The maximum atomic E-state index is 12.1. The number of Topliss-reactive ketones (excluding diaryl/α,β-unsaturated/α-hetero) is 1. The zero-order chi connectivity index (χ0) is 18.4. The Morgan fingerprint density at radius 2 is 2.08 bits per heavy atom. The molecular formula is C17H18N2O5S. The van der Waals surface area contributed by atoms with Crippen LogP contribution < -0.4 is 10.1 Å². The van der Waals surface area contributed by atoms with Crippen LogP contribution in [0.1, 0.15) is 38.3 Å². The number of hydrogen-bond donors (Lipinski definition) is 2. The lowest BCUT2D eigenvalue weighted by Gasteiger charge is -2.10. The van der Waals surface area contributed by atoms with Gasteiger partial charge in [-0.25, -0.2) is 9.78 Å². The van der Waals surface area contributed by atoms with E-state index in [9.17, 15) is 14.4 Å². The highest BCUT2D eigenvalue weighted by Gasteiger charge is 2.12. The fourth-order valence-corrected chi connectivity index (χ4v) is 2.98. The monoisotopic (exact) mass is 362 g/mol. The third-order valence-electron chi connectivity index (χ3n) is 3.47. The van der Waals surface area contributed by atoms with Crippen LogP contribution in [0.2, 0.25) is 0 Å². The van der Waals surface area contributed by atoms with Gasteiger partial charge in [-0.05, 0) is 25.1 Å². The molecule has 0 radical (unpaired) electrons. The lowest BCUT2D eigenvalue weighted by atomic mass is 10.0. The van der Waals surface area contributed by atoms with Crippen LogP contribution in [0.3, 0.4) is 0 Å². The highest BCUT2D eigenvalue weighted by Crippen LogP contribution is 2.21. The first kappa shape index (κ1) is 18.6. The second-order valence-corrected chi connectivity index (χ2v) is 6.23. The van der Waals surface area contributed by atoms with Crippen molar-refractivity contribution in [2.24, 2.45) is 0 Å². The number of aromatic carboxylic acids is 1. The van der Waals surface area contributed by atoms with Crippen LogP contribution in [-0.2, 0) is 17.6 Å². The highest BCUT2D eigenvalue weighted by atomic mass is 32.1. The van der Waals surface area contributed by atoms with Crippen molar-refractivity contribution in [1.82, 2.24) is 10.3 Å². The molecule has 0 fully saturated rings. The highest BCUT2D eigenvalue weighted by molar-refractivity contribution is 7.09. The van der Waals surface area contributed by atoms with E-state index in [-0.39, 0.29) is 23.8 Å². The van der Waals surface area contributed by atoms with Crippen LogP contribution in [0.25, 0.3) is 0 Å². The standard InChI is InChI=1S/C17H18N2O5S/c1-10(20)11-3-4-14(24-2)12(7-11)8-15(21)18-6-5-16-19-13(9-25-16)17(22)23/h3-4,7,9H,5-6,8H2,1-2H3,(H,18,21)(H,22,23). The Labute approximate surface area is 148 Å². The number of benzene rings is 1. The number of rotatable bonds is 8. The van der Waals surface area contributed by atoms with Crippen molar-refractivity contribution >= 4 is 29.0 Å². The Morgan fingerprint density at radius 1 is 1.32 bits per heavy atom. The van der Waals surface area contributed by atoms with Crippen LogP contribution in [0.5, 0.6) is 5.75 Å². The van der Waals surface area contributed by atoms with Crippen LogP contribution >= 0.6 is 11.3 Å². The number of carboxylic acids is 1. The molecule has 1 aromatic carbocycles. The van der Waals surface area contributed by atoms with Crippen LogP contribution in [0.4, 0.5) is 0 Å². The third kappa shape index (κ3) is 5.12. The lowest BCUT2D eigenvalue weighted by molar-refractivity contribution is -0.120. The summed E-state index contributed by atoms with van der Waals surface area (Å²) in [6, 6.07) is 4.98. The summed E-state index contributed by atoms with van der Waals surface area (Å²) in [4.78, 5) is 38.3. The first-order chi connectivity index (χ1) is 11.9. The average molecular weight is 362 g/mol. The van der Waals surface area contributed by atoms with Crippen molar-refractivity contribution in [3.63, 3.8) is 0 Å². The van der Waals surface area contributed by atoms with Gasteiger partial charge in [-0.1, -0.05) is 0 Å². The largest absolute Gasteiger partial charge is 0.496 e. The first-order valence-corrected chi connectivity index (χ1v) is 8.41. The van der Waals surface area contributed by atoms with Gasteiger partial charge in [0, 0.05) is 29.5 Å². The molecule has 0 bridgehead atoms. The molecule has 0 unspecified atom stereocenters. The van der Waals surface area contributed by atoms with Gasteiger partial charge in [0.1, 0.15) is 5.75 Å². The van der Waals surface area contributed by atoms with Gasteiger partial charge in [0.2, 0.25) is 5.91 Å². The molecule has 25 heavy (non-hydrogen) atoms. The Hall–Kier alpha value is -2.74. The predicted octanol–water partition coefficient (Wildman–Crippen LogP) is 1.95. The molecule has 0 aliphatic carbocycles. The van der Waals surface area contributed by atoms with E-state index >= 15 is 0 Å². The predicted molar refractivity (Wildman–Crippen MR) is 92.5 cm³/mol. The number of ether oxygens (including phenoxy) is 1. The molecule has 2 rings (SSSR count). The van der Waals surface area contributed by atoms with Crippen molar-refractivity contribution < 1.29 is 24.2 Å². The van der Waals surface area contributed by atoms with E-state index in [1.165, 1.54) is 30.8 Å². The van der Waals surface area contributed by atoms with Crippen molar-refractivity contribution in [2.45, 2.75) is 19.8 Å². The molecule has 7 nitrogen and oxygen atoms in total. The van der Waals surface area contributed by atoms with Gasteiger partial charge in [0.15, 0.2) is 11.5 Å². The number of nitrogens with zero attached hydrogens (tertiary/aromatic N) is 1. The molecular weight excluding hydrogens is 344 g/mol. The Balaban J connectivity index is 1.92. The van der Waals surface area contributed by atoms with Gasteiger partial charge in [-0.2, -0.15) is 0 Å². The van der Waals surface area contributed by atoms with E-state index in [0.29, 0.717) is 34.8 Å². The number of carbonyl (C=O) groups excluding carboxylic acids is 2. The number of aromatic nitrogens is 1. The first-order valence-electron chi connectivity index (χ1n) is 7.53. The fourth-order valence-electron chi connectivity index (χ4n) is 2.20. The van der Waals surface area contributed by atoms with Gasteiger partial charge in [-0.15, -0.1) is 11.3 Å².